The lowest BCUT2D eigenvalue weighted by Crippen LogP contribution is -2.23. The zero-order valence-corrected chi connectivity index (χ0v) is 18.3. The molecule has 0 amide bonds. The molecule has 158 valence electrons. The number of halogens is 3. The second kappa shape index (κ2) is 9.00. The van der Waals surface area contributed by atoms with Crippen LogP contribution in [0.1, 0.15) is 22.8 Å². The normalized spacial score (nSPS) is 11.1. The fraction of sp³-hybridized carbons (Fsp3) is 0.211. The minimum absolute atomic E-state index is 0.0988. The number of thiol groups is 1. The summed E-state index contributed by atoms with van der Waals surface area (Å²) in [5.74, 6) is -1.40. The summed E-state index contributed by atoms with van der Waals surface area (Å²) < 4.78 is 55.6. The van der Waals surface area contributed by atoms with Crippen molar-refractivity contribution in [2.24, 2.45) is 0 Å². The van der Waals surface area contributed by atoms with E-state index in [2.05, 4.69) is 25.9 Å². The molecular weight excluding hydrogens is 484 g/mol. The molecule has 0 saturated carbocycles. The smallest absolute Gasteiger partial charge is 0.273 e. The van der Waals surface area contributed by atoms with Crippen LogP contribution in [-0.2, 0) is 23.1 Å². The van der Waals surface area contributed by atoms with Gasteiger partial charge in [-0.2, -0.15) is 0 Å². The summed E-state index contributed by atoms with van der Waals surface area (Å²) in [6, 6.07) is 4.72. The fourth-order valence-electron chi connectivity index (χ4n) is 2.80. The summed E-state index contributed by atoms with van der Waals surface area (Å²) >= 11 is 3.21. The molecule has 3 aromatic rings. The van der Waals surface area contributed by atoms with Gasteiger partial charge in [0.1, 0.15) is 50.7 Å². The van der Waals surface area contributed by atoms with Crippen LogP contribution in [0.4, 0.5) is 8.78 Å². The monoisotopic (exact) mass is 499 g/mol. The molecule has 0 N–H and O–H groups in total. The van der Waals surface area contributed by atoms with Crippen LogP contribution < -0.4 is 10.3 Å². The molecule has 0 bridgehead atoms. The molecule has 7 nitrogen and oxygen atoms in total. The van der Waals surface area contributed by atoms with Gasteiger partial charge in [0.25, 0.3) is 5.56 Å². The van der Waals surface area contributed by atoms with Crippen LogP contribution >= 0.6 is 15.9 Å². The summed E-state index contributed by atoms with van der Waals surface area (Å²) in [5.41, 5.74) is 0.989. The van der Waals surface area contributed by atoms with Crippen molar-refractivity contribution in [1.82, 2.24) is 14.5 Å². The Bertz CT molecular complexity index is 1250. The maximum atomic E-state index is 13.8. The third kappa shape index (κ3) is 4.73. The first kappa shape index (κ1) is 22.0. The van der Waals surface area contributed by atoms with E-state index < -0.39 is 27.9 Å². The first-order valence-corrected chi connectivity index (χ1v) is 10.8. The van der Waals surface area contributed by atoms with E-state index in [0.717, 1.165) is 12.1 Å². The number of aromatic nitrogens is 3. The summed E-state index contributed by atoms with van der Waals surface area (Å²) in [6.45, 7) is 3.11. The van der Waals surface area contributed by atoms with Gasteiger partial charge in [-0.25, -0.2) is 27.2 Å². The Labute approximate surface area is 180 Å². The first-order valence-electron chi connectivity index (χ1n) is 8.61. The summed E-state index contributed by atoms with van der Waals surface area (Å²) in [6.07, 6.45) is 1.38. The molecule has 0 unspecified atom stereocenters. The minimum Gasteiger partial charge on any atom is -0.487 e. The molecule has 2 aromatic heterocycles. The van der Waals surface area contributed by atoms with Crippen LogP contribution in [0.5, 0.6) is 5.75 Å². The Morgan fingerprint density at radius 3 is 2.57 bits per heavy atom. The molecule has 0 atom stereocenters. The van der Waals surface area contributed by atoms with Crippen molar-refractivity contribution >= 4 is 26.6 Å². The number of rotatable bonds is 6. The molecule has 0 spiro atoms. The molecule has 11 heteroatoms. The Kier molecular flexibility index (Phi) is 6.61. The molecule has 2 heterocycles. The SMILES string of the molecule is Cc1nc(C[SH](=O)=O)ncc1-n1c(C)cc(OCc2ccc(F)cc2F)c(Br)c1=O. The van der Waals surface area contributed by atoms with Gasteiger partial charge in [-0.05, 0) is 41.9 Å². The van der Waals surface area contributed by atoms with Gasteiger partial charge in [-0.3, -0.25) is 9.36 Å². The number of hydrogen-bond donors (Lipinski definition) is 1. The molecule has 3 rings (SSSR count). The molecule has 30 heavy (non-hydrogen) atoms. The maximum Gasteiger partial charge on any atom is 0.273 e. The number of benzene rings is 1. The third-order valence-corrected chi connectivity index (χ3v) is 5.48. The van der Waals surface area contributed by atoms with E-state index in [9.17, 15) is 22.0 Å². The lowest BCUT2D eigenvalue weighted by Gasteiger charge is -2.16. The average Bonchev–Trinajstić information content (AvgIpc) is 2.66. The number of ether oxygens (including phenoxy) is 1. The predicted octanol–water partition coefficient (Wildman–Crippen LogP) is 2.98. The van der Waals surface area contributed by atoms with Crippen LogP contribution in [0.25, 0.3) is 5.69 Å². The number of aryl methyl sites for hydroxylation is 2. The highest BCUT2D eigenvalue weighted by Crippen LogP contribution is 2.26. The summed E-state index contributed by atoms with van der Waals surface area (Å²) in [7, 11) is -2.67. The van der Waals surface area contributed by atoms with Crippen molar-refractivity contribution in [3.63, 3.8) is 0 Å². The van der Waals surface area contributed by atoms with Crippen molar-refractivity contribution in [2.75, 3.05) is 0 Å². The molecule has 0 saturated heterocycles. The molecule has 0 aliphatic rings. The summed E-state index contributed by atoms with van der Waals surface area (Å²) in [5, 5.41) is 0. The lowest BCUT2D eigenvalue weighted by atomic mass is 10.2. The van der Waals surface area contributed by atoms with Gasteiger partial charge < -0.3 is 4.74 Å². The standard InChI is InChI=1S/C19H16BrF2N3O4S/c1-10-5-16(29-8-12-3-4-13(21)6-14(12)22)18(20)19(26)25(10)15-7-23-17(9-30(27)28)24-11(15)2/h3-7,30H,8-9H2,1-2H3. The van der Waals surface area contributed by atoms with Gasteiger partial charge in [-0.1, -0.05) is 0 Å². The Balaban J connectivity index is 1.94. The second-order valence-corrected chi connectivity index (χ2v) is 8.15. The van der Waals surface area contributed by atoms with Gasteiger partial charge in [0.2, 0.25) is 0 Å². The van der Waals surface area contributed by atoms with Crippen molar-refractivity contribution in [3.8, 4) is 11.4 Å². The van der Waals surface area contributed by atoms with Gasteiger partial charge in [0, 0.05) is 23.4 Å². The van der Waals surface area contributed by atoms with E-state index in [1.165, 1.54) is 16.8 Å². The van der Waals surface area contributed by atoms with Gasteiger partial charge in [0.05, 0.1) is 17.6 Å². The van der Waals surface area contributed by atoms with Crippen molar-refractivity contribution in [1.29, 1.82) is 0 Å². The van der Waals surface area contributed by atoms with Gasteiger partial charge >= 0.3 is 0 Å². The first-order chi connectivity index (χ1) is 14.2. The largest absolute Gasteiger partial charge is 0.487 e. The quantitative estimate of drug-likeness (QED) is 0.524. The highest BCUT2D eigenvalue weighted by atomic mass is 79.9. The maximum absolute atomic E-state index is 13.8. The Morgan fingerprint density at radius 1 is 1.20 bits per heavy atom. The Hall–Kier alpha value is -2.66. The minimum atomic E-state index is -2.67. The third-order valence-electron chi connectivity index (χ3n) is 4.21. The number of hydrogen-bond acceptors (Lipinski definition) is 6. The number of nitrogens with zero attached hydrogens (tertiary/aromatic N) is 3. The fourth-order valence-corrected chi connectivity index (χ4v) is 3.59. The second-order valence-electron chi connectivity index (χ2n) is 6.38. The van der Waals surface area contributed by atoms with E-state index in [-0.39, 0.29) is 34.0 Å². The molecule has 0 aliphatic carbocycles. The van der Waals surface area contributed by atoms with Crippen LogP contribution in [0.3, 0.4) is 0 Å². The van der Waals surface area contributed by atoms with E-state index in [1.54, 1.807) is 19.9 Å². The lowest BCUT2D eigenvalue weighted by molar-refractivity contribution is 0.296. The average molecular weight is 500 g/mol. The van der Waals surface area contributed by atoms with Gasteiger partial charge in [-0.15, -0.1) is 0 Å². The molecule has 0 aliphatic heterocycles. The highest BCUT2D eigenvalue weighted by Gasteiger charge is 2.17. The van der Waals surface area contributed by atoms with E-state index in [0.29, 0.717) is 17.1 Å². The predicted molar refractivity (Wildman–Crippen MR) is 110 cm³/mol. The van der Waals surface area contributed by atoms with Crippen LogP contribution in [0, 0.1) is 25.5 Å². The Morgan fingerprint density at radius 2 is 1.93 bits per heavy atom. The van der Waals surface area contributed by atoms with Gasteiger partial charge in [0.15, 0.2) is 0 Å². The number of pyridine rings is 1. The zero-order chi connectivity index (χ0) is 22.0. The molecule has 1 aromatic carbocycles. The van der Waals surface area contributed by atoms with E-state index in [1.807, 2.05) is 0 Å². The van der Waals surface area contributed by atoms with E-state index in [4.69, 9.17) is 4.74 Å². The van der Waals surface area contributed by atoms with E-state index >= 15 is 0 Å². The van der Waals surface area contributed by atoms with Crippen LogP contribution in [0.15, 0.2) is 39.7 Å². The van der Waals surface area contributed by atoms with Crippen LogP contribution in [-0.4, -0.2) is 23.0 Å². The van der Waals surface area contributed by atoms with Crippen molar-refractivity contribution in [3.05, 3.63) is 79.7 Å². The van der Waals surface area contributed by atoms with Crippen LogP contribution in [0.2, 0.25) is 0 Å². The van der Waals surface area contributed by atoms with Crippen molar-refractivity contribution < 1.29 is 21.9 Å². The molecule has 0 radical (unpaired) electrons. The summed E-state index contributed by atoms with van der Waals surface area (Å²) in [4.78, 5) is 21.1. The molecular formula is C19H16BrF2N3O4S. The molecule has 0 fully saturated rings. The zero-order valence-electron chi connectivity index (χ0n) is 15.9. The highest BCUT2D eigenvalue weighted by molar-refractivity contribution is 9.10. The van der Waals surface area contributed by atoms with Crippen molar-refractivity contribution in [2.45, 2.75) is 26.2 Å². The topological polar surface area (TPSA) is 91.2 Å².